The van der Waals surface area contributed by atoms with Crippen LogP contribution in [-0.2, 0) is 9.53 Å². The lowest BCUT2D eigenvalue weighted by molar-refractivity contribution is -0.142. The number of rotatable bonds is 3. The summed E-state index contributed by atoms with van der Waals surface area (Å²) < 4.78 is 5.00. The van der Waals surface area contributed by atoms with E-state index < -0.39 is 0 Å². The van der Waals surface area contributed by atoms with Crippen molar-refractivity contribution in [1.29, 1.82) is 0 Å². The molecule has 1 aliphatic rings. The fraction of sp³-hybridized carbons (Fsp3) is 0.533. The zero-order chi connectivity index (χ0) is 14.2. The second-order valence-electron chi connectivity index (χ2n) is 5.39. The third-order valence-electron chi connectivity index (χ3n) is 3.49. The van der Waals surface area contributed by atoms with Gasteiger partial charge in [-0.05, 0) is 39.8 Å². The zero-order valence-electron chi connectivity index (χ0n) is 12.3. The number of anilines is 2. The highest BCUT2D eigenvalue weighted by Crippen LogP contribution is 2.42. The smallest absolute Gasteiger partial charge is 0.349 e. The van der Waals surface area contributed by atoms with E-state index in [1.54, 1.807) is 0 Å². The number of ether oxygens (including phenoxy) is 1. The molecule has 0 radical (unpaired) electrons. The number of nitrogens with zero attached hydrogens (tertiary/aromatic N) is 2. The highest BCUT2D eigenvalue weighted by molar-refractivity contribution is 5.92. The molecule has 0 atom stereocenters. The minimum Gasteiger partial charge on any atom is -0.466 e. The van der Waals surface area contributed by atoms with E-state index in [1.807, 2.05) is 12.1 Å². The number of esters is 1. The summed E-state index contributed by atoms with van der Waals surface area (Å²) in [6.45, 7) is 8.38. The summed E-state index contributed by atoms with van der Waals surface area (Å²) in [6, 6.07) is 8.60. The highest BCUT2D eigenvalue weighted by atomic mass is 16.5. The average Bonchev–Trinajstić information content (AvgIpc) is 2.72. The lowest BCUT2D eigenvalue weighted by Gasteiger charge is -2.35. The van der Waals surface area contributed by atoms with Gasteiger partial charge in [0.1, 0.15) is 0 Å². The van der Waals surface area contributed by atoms with Crippen molar-refractivity contribution in [3.63, 3.8) is 0 Å². The normalized spacial score (nSPS) is 15.3. The van der Waals surface area contributed by atoms with Gasteiger partial charge >= 0.3 is 5.97 Å². The van der Waals surface area contributed by atoms with Crippen molar-refractivity contribution in [3.8, 4) is 0 Å². The standard InChI is InChI=1S/C15H22N2O2/c1-10(2)16-12-8-6-7-9-13(12)17(11(3)4)14(16)15(18)19-5/h6-11,14H,1-5H3. The van der Waals surface area contributed by atoms with Crippen LogP contribution in [0.1, 0.15) is 27.7 Å². The van der Waals surface area contributed by atoms with Gasteiger partial charge in [0, 0.05) is 12.1 Å². The van der Waals surface area contributed by atoms with Crippen LogP contribution < -0.4 is 9.80 Å². The summed E-state index contributed by atoms with van der Waals surface area (Å²) in [5, 5.41) is 0. The van der Waals surface area contributed by atoms with Gasteiger partial charge in [-0.2, -0.15) is 0 Å². The summed E-state index contributed by atoms with van der Waals surface area (Å²) in [4.78, 5) is 16.5. The molecule has 0 bridgehead atoms. The maximum Gasteiger partial charge on any atom is 0.349 e. The lowest BCUT2D eigenvalue weighted by Crippen LogP contribution is -2.54. The lowest BCUT2D eigenvalue weighted by atomic mass is 10.2. The molecule has 1 aromatic rings. The van der Waals surface area contributed by atoms with Crippen molar-refractivity contribution >= 4 is 17.3 Å². The van der Waals surface area contributed by atoms with E-state index in [0.717, 1.165) is 11.4 Å². The molecular weight excluding hydrogens is 240 g/mol. The number of hydrogen-bond donors (Lipinski definition) is 0. The van der Waals surface area contributed by atoms with Crippen LogP contribution in [0.15, 0.2) is 24.3 Å². The molecule has 0 spiro atoms. The van der Waals surface area contributed by atoms with E-state index in [0.29, 0.717) is 0 Å². The van der Waals surface area contributed by atoms with Crippen molar-refractivity contribution in [2.24, 2.45) is 0 Å². The number of fused-ring (bicyclic) bond motifs is 1. The van der Waals surface area contributed by atoms with E-state index in [2.05, 4.69) is 49.6 Å². The van der Waals surface area contributed by atoms with Crippen LogP contribution in [0.3, 0.4) is 0 Å². The maximum atomic E-state index is 12.2. The quantitative estimate of drug-likeness (QED) is 0.784. The monoisotopic (exact) mass is 262 g/mol. The Labute approximate surface area is 115 Å². The number of carbonyl (C=O) groups excluding carboxylic acids is 1. The van der Waals surface area contributed by atoms with Gasteiger partial charge in [0.25, 0.3) is 0 Å². The van der Waals surface area contributed by atoms with E-state index >= 15 is 0 Å². The summed E-state index contributed by atoms with van der Waals surface area (Å²) in [7, 11) is 1.45. The Kier molecular flexibility index (Phi) is 3.69. The SMILES string of the molecule is COC(=O)C1N(C(C)C)c2ccccc2N1C(C)C. The van der Waals surface area contributed by atoms with Gasteiger partial charge < -0.3 is 14.5 Å². The molecule has 1 heterocycles. The summed E-state index contributed by atoms with van der Waals surface area (Å²) in [5.41, 5.74) is 2.20. The third-order valence-corrected chi connectivity index (χ3v) is 3.49. The van der Waals surface area contributed by atoms with Crippen LogP contribution in [0.25, 0.3) is 0 Å². The first-order valence-corrected chi connectivity index (χ1v) is 6.72. The minimum atomic E-state index is -0.373. The molecule has 1 aromatic carbocycles. The molecule has 0 fully saturated rings. The average molecular weight is 262 g/mol. The van der Waals surface area contributed by atoms with Crippen molar-refractivity contribution in [1.82, 2.24) is 0 Å². The molecule has 4 nitrogen and oxygen atoms in total. The summed E-state index contributed by atoms with van der Waals surface area (Å²) in [6.07, 6.45) is -0.373. The fourth-order valence-electron chi connectivity index (χ4n) is 2.75. The van der Waals surface area contributed by atoms with Crippen LogP contribution in [0.2, 0.25) is 0 Å². The Hall–Kier alpha value is -1.71. The predicted octanol–water partition coefficient (Wildman–Crippen LogP) is 2.63. The van der Waals surface area contributed by atoms with Gasteiger partial charge in [0.15, 0.2) is 0 Å². The molecule has 1 aliphatic heterocycles. The number of benzene rings is 1. The van der Waals surface area contributed by atoms with Gasteiger partial charge in [0.05, 0.1) is 18.5 Å². The van der Waals surface area contributed by atoms with E-state index in [1.165, 1.54) is 7.11 Å². The van der Waals surface area contributed by atoms with E-state index in [-0.39, 0.29) is 24.2 Å². The van der Waals surface area contributed by atoms with Crippen LogP contribution in [0, 0.1) is 0 Å². The predicted molar refractivity (Wildman–Crippen MR) is 77.5 cm³/mol. The number of methoxy groups -OCH3 is 1. The number of hydrogen-bond acceptors (Lipinski definition) is 4. The fourth-order valence-corrected chi connectivity index (χ4v) is 2.75. The number of para-hydroxylation sites is 2. The maximum absolute atomic E-state index is 12.2. The molecule has 0 aromatic heterocycles. The van der Waals surface area contributed by atoms with Crippen molar-refractivity contribution in [3.05, 3.63) is 24.3 Å². The van der Waals surface area contributed by atoms with Gasteiger partial charge in [-0.25, -0.2) is 4.79 Å². The van der Waals surface area contributed by atoms with E-state index in [9.17, 15) is 4.79 Å². The molecule has 0 unspecified atom stereocenters. The number of carbonyl (C=O) groups is 1. The Morgan fingerprint density at radius 1 is 1.05 bits per heavy atom. The molecule has 2 rings (SSSR count). The Morgan fingerprint density at radius 2 is 1.47 bits per heavy atom. The third kappa shape index (κ3) is 2.15. The highest BCUT2D eigenvalue weighted by Gasteiger charge is 2.43. The Balaban J connectivity index is 2.55. The minimum absolute atomic E-state index is 0.210. The first-order chi connectivity index (χ1) is 8.99. The van der Waals surface area contributed by atoms with Gasteiger partial charge in [-0.3, -0.25) is 0 Å². The molecular formula is C15H22N2O2. The van der Waals surface area contributed by atoms with Gasteiger partial charge in [-0.1, -0.05) is 12.1 Å². The molecule has 4 heteroatoms. The van der Waals surface area contributed by atoms with Crippen LogP contribution in [0.5, 0.6) is 0 Å². The Bertz CT molecular complexity index is 436. The van der Waals surface area contributed by atoms with Gasteiger partial charge in [0.2, 0.25) is 6.17 Å². The molecule has 0 saturated heterocycles. The second-order valence-corrected chi connectivity index (χ2v) is 5.39. The van der Waals surface area contributed by atoms with Crippen molar-refractivity contribution in [2.45, 2.75) is 45.9 Å². The first-order valence-electron chi connectivity index (χ1n) is 6.72. The molecule has 104 valence electrons. The second kappa shape index (κ2) is 5.11. The van der Waals surface area contributed by atoms with Crippen molar-refractivity contribution in [2.75, 3.05) is 16.9 Å². The van der Waals surface area contributed by atoms with Crippen molar-refractivity contribution < 1.29 is 9.53 Å². The zero-order valence-corrected chi connectivity index (χ0v) is 12.3. The molecule has 0 N–H and O–H groups in total. The van der Waals surface area contributed by atoms with E-state index in [4.69, 9.17) is 4.74 Å². The molecule has 19 heavy (non-hydrogen) atoms. The van der Waals surface area contributed by atoms with Crippen LogP contribution >= 0.6 is 0 Å². The summed E-state index contributed by atoms with van der Waals surface area (Å²) >= 11 is 0. The summed E-state index contributed by atoms with van der Waals surface area (Å²) in [5.74, 6) is -0.210. The van der Waals surface area contributed by atoms with Gasteiger partial charge in [-0.15, -0.1) is 0 Å². The largest absolute Gasteiger partial charge is 0.466 e. The first kappa shape index (κ1) is 13.7. The molecule has 0 saturated carbocycles. The Morgan fingerprint density at radius 3 is 1.79 bits per heavy atom. The molecule has 0 aliphatic carbocycles. The topological polar surface area (TPSA) is 32.8 Å². The molecule has 0 amide bonds. The van der Waals surface area contributed by atoms with Crippen LogP contribution in [0.4, 0.5) is 11.4 Å². The van der Waals surface area contributed by atoms with Crippen LogP contribution in [-0.4, -0.2) is 31.3 Å².